The minimum Gasteiger partial charge on any atom is -0.364 e. The molecule has 1 aliphatic rings. The van der Waals surface area contributed by atoms with Gasteiger partial charge in [0.1, 0.15) is 0 Å². The van der Waals surface area contributed by atoms with E-state index in [0.29, 0.717) is 21.7 Å². The maximum Gasteiger partial charge on any atom is 0.269 e. The molecule has 0 aliphatic heterocycles. The van der Waals surface area contributed by atoms with Crippen molar-refractivity contribution >= 4 is 29.1 Å². The number of amides is 1. The number of carbonyl (C=O) groups is 1. The van der Waals surface area contributed by atoms with Gasteiger partial charge in [0.05, 0.1) is 16.4 Å². The van der Waals surface area contributed by atoms with Gasteiger partial charge in [0.2, 0.25) is 0 Å². The molecule has 132 valence electrons. The van der Waals surface area contributed by atoms with E-state index in [-0.39, 0.29) is 5.69 Å². The number of nitrogens with two attached hydrogens (primary N) is 1. The summed E-state index contributed by atoms with van der Waals surface area (Å²) < 4.78 is 1.67. The monoisotopic (exact) mass is 385 g/mol. The first-order valence-corrected chi connectivity index (χ1v) is 9.16. The Bertz CT molecular complexity index is 1000. The number of primary amides is 1. The fourth-order valence-corrected chi connectivity index (χ4v) is 3.71. The molecule has 4 rings (SSSR count). The smallest absolute Gasteiger partial charge is 0.269 e. The van der Waals surface area contributed by atoms with E-state index in [1.807, 2.05) is 6.92 Å². The molecule has 0 unspecified atom stereocenters. The minimum absolute atomic E-state index is 0.234. The van der Waals surface area contributed by atoms with Gasteiger partial charge in [-0.25, -0.2) is 4.68 Å². The number of rotatable bonds is 4. The third kappa shape index (κ3) is 3.00. The van der Waals surface area contributed by atoms with Crippen LogP contribution in [0.1, 0.15) is 40.4 Å². The molecule has 0 radical (unpaired) electrons. The summed E-state index contributed by atoms with van der Waals surface area (Å²) in [6.07, 6.45) is 2.50. The van der Waals surface area contributed by atoms with Crippen LogP contribution in [0.4, 0.5) is 0 Å². The Morgan fingerprint density at radius 1 is 1.15 bits per heavy atom. The molecule has 1 saturated carbocycles. The van der Waals surface area contributed by atoms with E-state index in [9.17, 15) is 4.79 Å². The number of halogens is 2. The first-order chi connectivity index (χ1) is 12.5. The standard InChI is InChI=1S/C20H17Cl2N3O/c1-11-18(20(23)26)24-25(17-9-8-15(21)10-16(17)22)19(11)14-6-4-13(5-7-14)12-2-3-12/h4-10,12H,2-3H2,1H3,(H2,23,26). The first kappa shape index (κ1) is 17.1. The molecule has 0 atom stereocenters. The van der Waals surface area contributed by atoms with Gasteiger partial charge in [-0.05, 0) is 49.4 Å². The van der Waals surface area contributed by atoms with Crippen LogP contribution in [0.2, 0.25) is 10.0 Å². The second kappa shape index (κ2) is 6.45. The lowest BCUT2D eigenvalue weighted by atomic mass is 10.0. The fraction of sp³-hybridized carbons (Fsp3) is 0.200. The van der Waals surface area contributed by atoms with Gasteiger partial charge in [-0.2, -0.15) is 5.10 Å². The molecule has 0 bridgehead atoms. The van der Waals surface area contributed by atoms with Gasteiger partial charge < -0.3 is 5.73 Å². The summed E-state index contributed by atoms with van der Waals surface area (Å²) in [5.74, 6) is 0.115. The molecule has 26 heavy (non-hydrogen) atoms. The molecule has 1 aromatic heterocycles. The second-order valence-electron chi connectivity index (χ2n) is 6.59. The maximum atomic E-state index is 11.8. The van der Waals surface area contributed by atoms with Crippen LogP contribution in [-0.4, -0.2) is 15.7 Å². The summed E-state index contributed by atoms with van der Waals surface area (Å²) >= 11 is 12.4. The Kier molecular flexibility index (Phi) is 4.25. The molecule has 0 spiro atoms. The summed E-state index contributed by atoms with van der Waals surface area (Å²) in [5.41, 5.74) is 10.2. The predicted molar refractivity (Wildman–Crippen MR) is 104 cm³/mol. The molecule has 2 N–H and O–H groups in total. The largest absolute Gasteiger partial charge is 0.364 e. The Morgan fingerprint density at radius 2 is 1.85 bits per heavy atom. The second-order valence-corrected chi connectivity index (χ2v) is 7.43. The van der Waals surface area contributed by atoms with Crippen LogP contribution in [0.15, 0.2) is 42.5 Å². The lowest BCUT2D eigenvalue weighted by Gasteiger charge is -2.11. The van der Waals surface area contributed by atoms with E-state index in [1.165, 1.54) is 18.4 Å². The molecule has 1 amide bonds. The van der Waals surface area contributed by atoms with Crippen LogP contribution in [0.25, 0.3) is 16.9 Å². The van der Waals surface area contributed by atoms with Gasteiger partial charge >= 0.3 is 0 Å². The van der Waals surface area contributed by atoms with Gasteiger partial charge in [-0.1, -0.05) is 47.5 Å². The van der Waals surface area contributed by atoms with Crippen molar-refractivity contribution < 1.29 is 4.79 Å². The molecular formula is C20H17Cl2N3O. The van der Waals surface area contributed by atoms with Crippen molar-refractivity contribution in [2.45, 2.75) is 25.7 Å². The van der Waals surface area contributed by atoms with E-state index in [2.05, 4.69) is 29.4 Å². The highest BCUT2D eigenvalue weighted by molar-refractivity contribution is 6.35. The minimum atomic E-state index is -0.567. The molecule has 1 aliphatic carbocycles. The molecule has 2 aromatic carbocycles. The van der Waals surface area contributed by atoms with Crippen LogP contribution >= 0.6 is 23.2 Å². The van der Waals surface area contributed by atoms with Gasteiger partial charge in [0.15, 0.2) is 5.69 Å². The van der Waals surface area contributed by atoms with E-state index >= 15 is 0 Å². The number of hydrogen-bond acceptors (Lipinski definition) is 2. The molecule has 1 fully saturated rings. The van der Waals surface area contributed by atoms with Crippen molar-refractivity contribution in [1.82, 2.24) is 9.78 Å². The Balaban J connectivity index is 1.90. The summed E-state index contributed by atoms with van der Waals surface area (Å²) in [6.45, 7) is 1.84. The van der Waals surface area contributed by atoms with Crippen molar-refractivity contribution in [2.24, 2.45) is 5.73 Å². The van der Waals surface area contributed by atoms with Gasteiger partial charge in [0, 0.05) is 16.1 Å². The van der Waals surface area contributed by atoms with E-state index in [0.717, 1.165) is 16.8 Å². The third-order valence-electron chi connectivity index (χ3n) is 4.73. The topological polar surface area (TPSA) is 60.9 Å². The zero-order valence-corrected chi connectivity index (χ0v) is 15.7. The number of benzene rings is 2. The highest BCUT2D eigenvalue weighted by Gasteiger charge is 2.25. The van der Waals surface area contributed by atoms with Gasteiger partial charge in [-0.3, -0.25) is 4.79 Å². The number of nitrogens with zero attached hydrogens (tertiary/aromatic N) is 2. The number of aromatic nitrogens is 2. The zero-order valence-electron chi connectivity index (χ0n) is 14.2. The quantitative estimate of drug-likeness (QED) is 0.676. The summed E-state index contributed by atoms with van der Waals surface area (Å²) in [4.78, 5) is 11.8. The van der Waals surface area contributed by atoms with Crippen LogP contribution in [-0.2, 0) is 0 Å². The predicted octanol–water partition coefficient (Wildman–Crippen LogP) is 5.13. The maximum absolute atomic E-state index is 11.8. The fourth-order valence-electron chi connectivity index (χ4n) is 3.23. The van der Waals surface area contributed by atoms with Gasteiger partial charge in [-0.15, -0.1) is 0 Å². The van der Waals surface area contributed by atoms with Crippen LogP contribution in [0.5, 0.6) is 0 Å². The Hall–Kier alpha value is -2.30. The third-order valence-corrected chi connectivity index (χ3v) is 5.26. The van der Waals surface area contributed by atoms with Crippen molar-refractivity contribution in [1.29, 1.82) is 0 Å². The van der Waals surface area contributed by atoms with E-state index in [4.69, 9.17) is 28.9 Å². The van der Waals surface area contributed by atoms with E-state index in [1.54, 1.807) is 22.9 Å². The first-order valence-electron chi connectivity index (χ1n) is 8.41. The van der Waals surface area contributed by atoms with Crippen LogP contribution in [0.3, 0.4) is 0 Å². The molecular weight excluding hydrogens is 369 g/mol. The summed E-state index contributed by atoms with van der Waals surface area (Å²) in [5, 5.41) is 5.42. The summed E-state index contributed by atoms with van der Waals surface area (Å²) in [7, 11) is 0. The van der Waals surface area contributed by atoms with Gasteiger partial charge in [0.25, 0.3) is 5.91 Å². The average molecular weight is 386 g/mol. The van der Waals surface area contributed by atoms with Crippen LogP contribution in [0, 0.1) is 6.92 Å². The van der Waals surface area contributed by atoms with E-state index < -0.39 is 5.91 Å². The Morgan fingerprint density at radius 3 is 2.42 bits per heavy atom. The average Bonchev–Trinajstić information content (AvgIpc) is 3.39. The highest BCUT2D eigenvalue weighted by Crippen LogP contribution is 2.41. The molecule has 6 heteroatoms. The lowest BCUT2D eigenvalue weighted by molar-refractivity contribution is 0.0994. The van der Waals surface area contributed by atoms with Crippen LogP contribution < -0.4 is 5.73 Å². The van der Waals surface area contributed by atoms with Crippen molar-refractivity contribution in [3.63, 3.8) is 0 Å². The number of carbonyl (C=O) groups excluding carboxylic acids is 1. The summed E-state index contributed by atoms with van der Waals surface area (Å²) in [6, 6.07) is 13.6. The molecule has 4 nitrogen and oxygen atoms in total. The molecule has 1 heterocycles. The highest BCUT2D eigenvalue weighted by atomic mass is 35.5. The zero-order chi connectivity index (χ0) is 18.4. The Labute approximate surface area is 161 Å². The molecule has 3 aromatic rings. The van der Waals surface area contributed by atoms with Crippen molar-refractivity contribution in [3.8, 4) is 16.9 Å². The van der Waals surface area contributed by atoms with Crippen molar-refractivity contribution in [3.05, 3.63) is 69.3 Å². The van der Waals surface area contributed by atoms with Crippen molar-refractivity contribution in [2.75, 3.05) is 0 Å². The lowest BCUT2D eigenvalue weighted by Crippen LogP contribution is -2.13. The number of hydrogen-bond donors (Lipinski definition) is 1. The normalized spacial score (nSPS) is 13.8. The SMILES string of the molecule is Cc1c(C(N)=O)nn(-c2ccc(Cl)cc2Cl)c1-c1ccc(C2CC2)cc1. The molecule has 0 saturated heterocycles.